The summed E-state index contributed by atoms with van der Waals surface area (Å²) in [6, 6.07) is 4.88. The molecule has 0 atom stereocenters. The SMILES string of the molecule is CC(C)(C)c1cccc(F)n1. The number of hydrogen-bond acceptors (Lipinski definition) is 1. The van der Waals surface area contributed by atoms with Crippen molar-refractivity contribution in [3.63, 3.8) is 0 Å². The van der Waals surface area contributed by atoms with Crippen LogP contribution in [0.3, 0.4) is 0 Å². The Morgan fingerprint density at radius 3 is 2.27 bits per heavy atom. The molecule has 1 nitrogen and oxygen atoms in total. The second-order valence-corrected chi connectivity index (χ2v) is 3.60. The quantitative estimate of drug-likeness (QED) is 0.522. The number of nitrogens with zero attached hydrogens (tertiary/aromatic N) is 1. The van der Waals surface area contributed by atoms with Crippen LogP contribution in [0.1, 0.15) is 26.5 Å². The van der Waals surface area contributed by atoms with Crippen LogP contribution in [-0.4, -0.2) is 4.98 Å². The summed E-state index contributed by atoms with van der Waals surface area (Å²) in [6.45, 7) is 6.03. The van der Waals surface area contributed by atoms with Gasteiger partial charge in [-0.15, -0.1) is 0 Å². The molecule has 0 fully saturated rings. The number of rotatable bonds is 0. The zero-order chi connectivity index (χ0) is 8.48. The van der Waals surface area contributed by atoms with E-state index in [0.717, 1.165) is 5.69 Å². The molecule has 2 heteroatoms. The molecule has 0 saturated heterocycles. The molecule has 0 spiro atoms. The molecule has 0 radical (unpaired) electrons. The largest absolute Gasteiger partial charge is 0.224 e. The van der Waals surface area contributed by atoms with E-state index >= 15 is 0 Å². The first-order valence-corrected chi connectivity index (χ1v) is 3.63. The Bertz CT molecular complexity index is 250. The summed E-state index contributed by atoms with van der Waals surface area (Å²) >= 11 is 0. The Labute approximate surface area is 66.3 Å². The first-order chi connectivity index (χ1) is 5.00. The third kappa shape index (κ3) is 2.00. The van der Waals surface area contributed by atoms with Crippen molar-refractivity contribution in [3.8, 4) is 0 Å². The monoisotopic (exact) mass is 153 g/mol. The predicted molar refractivity (Wildman–Crippen MR) is 42.9 cm³/mol. The van der Waals surface area contributed by atoms with Gasteiger partial charge in [-0.3, -0.25) is 0 Å². The van der Waals surface area contributed by atoms with Gasteiger partial charge in [0.25, 0.3) is 0 Å². The molecule has 60 valence electrons. The second kappa shape index (κ2) is 2.61. The average Bonchev–Trinajstić information content (AvgIpc) is 1.86. The third-order valence-electron chi connectivity index (χ3n) is 1.48. The maximum Gasteiger partial charge on any atom is 0.213 e. The Balaban J connectivity index is 3.06. The first-order valence-electron chi connectivity index (χ1n) is 3.63. The highest BCUT2D eigenvalue weighted by molar-refractivity contribution is 5.13. The van der Waals surface area contributed by atoms with Crippen molar-refractivity contribution in [3.05, 3.63) is 29.8 Å². The van der Waals surface area contributed by atoms with Crippen LogP contribution in [0.4, 0.5) is 4.39 Å². The molecule has 0 unspecified atom stereocenters. The predicted octanol–water partition coefficient (Wildman–Crippen LogP) is 2.52. The first kappa shape index (κ1) is 8.18. The van der Waals surface area contributed by atoms with Gasteiger partial charge in [0.2, 0.25) is 5.95 Å². The summed E-state index contributed by atoms with van der Waals surface area (Å²) in [6.07, 6.45) is 0. The molecule has 1 heterocycles. The molecule has 0 N–H and O–H groups in total. The van der Waals surface area contributed by atoms with E-state index in [1.165, 1.54) is 6.07 Å². The van der Waals surface area contributed by atoms with Crippen molar-refractivity contribution >= 4 is 0 Å². The van der Waals surface area contributed by atoms with Crippen molar-refractivity contribution in [2.24, 2.45) is 0 Å². The summed E-state index contributed by atoms with van der Waals surface area (Å²) in [5.74, 6) is -0.405. The summed E-state index contributed by atoms with van der Waals surface area (Å²) < 4.78 is 12.6. The maximum atomic E-state index is 12.6. The van der Waals surface area contributed by atoms with Crippen LogP contribution in [0, 0.1) is 5.95 Å². The molecular formula is C9H12FN. The smallest absolute Gasteiger partial charge is 0.213 e. The fourth-order valence-electron chi connectivity index (χ4n) is 0.826. The number of pyridine rings is 1. The molecular weight excluding hydrogens is 141 g/mol. The lowest BCUT2D eigenvalue weighted by molar-refractivity contribution is 0.523. The van der Waals surface area contributed by atoms with Crippen molar-refractivity contribution in [1.82, 2.24) is 4.98 Å². The van der Waals surface area contributed by atoms with E-state index in [-0.39, 0.29) is 5.41 Å². The van der Waals surface area contributed by atoms with Crippen LogP contribution in [-0.2, 0) is 5.41 Å². The lowest BCUT2D eigenvalue weighted by atomic mass is 9.92. The number of halogens is 1. The van der Waals surface area contributed by atoms with Crippen molar-refractivity contribution in [1.29, 1.82) is 0 Å². The molecule has 0 amide bonds. The Morgan fingerprint density at radius 2 is 1.91 bits per heavy atom. The molecule has 0 aliphatic heterocycles. The minimum absolute atomic E-state index is 0.0674. The zero-order valence-electron chi connectivity index (χ0n) is 7.06. The van der Waals surface area contributed by atoms with Gasteiger partial charge in [-0.2, -0.15) is 4.39 Å². The fourth-order valence-corrected chi connectivity index (χ4v) is 0.826. The van der Waals surface area contributed by atoms with E-state index in [0.29, 0.717) is 0 Å². The van der Waals surface area contributed by atoms with E-state index in [9.17, 15) is 4.39 Å². The van der Waals surface area contributed by atoms with Gasteiger partial charge in [-0.1, -0.05) is 26.8 Å². The molecule has 11 heavy (non-hydrogen) atoms. The molecule has 1 aromatic rings. The Kier molecular flexibility index (Phi) is 1.94. The normalized spacial score (nSPS) is 11.6. The van der Waals surface area contributed by atoms with Gasteiger partial charge in [0.15, 0.2) is 0 Å². The van der Waals surface area contributed by atoms with E-state index in [4.69, 9.17) is 0 Å². The van der Waals surface area contributed by atoms with E-state index in [2.05, 4.69) is 4.98 Å². The van der Waals surface area contributed by atoms with E-state index in [1.807, 2.05) is 26.8 Å². The molecule has 1 aromatic heterocycles. The standard InChI is InChI=1S/C9H12FN/c1-9(2,3)7-5-4-6-8(10)11-7/h4-6H,1-3H3. The number of aromatic nitrogens is 1. The van der Waals surface area contributed by atoms with Gasteiger partial charge in [0.1, 0.15) is 0 Å². The zero-order valence-corrected chi connectivity index (χ0v) is 7.06. The summed E-state index contributed by atoms with van der Waals surface area (Å²) in [7, 11) is 0. The molecule has 0 aliphatic rings. The fraction of sp³-hybridized carbons (Fsp3) is 0.444. The molecule has 0 saturated carbocycles. The van der Waals surface area contributed by atoms with Gasteiger partial charge in [0.05, 0.1) is 0 Å². The van der Waals surface area contributed by atoms with Crippen molar-refractivity contribution in [2.75, 3.05) is 0 Å². The molecule has 0 aromatic carbocycles. The van der Waals surface area contributed by atoms with Crippen LogP contribution in [0.5, 0.6) is 0 Å². The summed E-state index contributed by atoms with van der Waals surface area (Å²) in [5, 5.41) is 0. The van der Waals surface area contributed by atoms with Crippen molar-refractivity contribution < 1.29 is 4.39 Å². The van der Waals surface area contributed by atoms with Crippen LogP contribution in [0.2, 0.25) is 0 Å². The minimum Gasteiger partial charge on any atom is -0.224 e. The van der Waals surface area contributed by atoms with Gasteiger partial charge < -0.3 is 0 Å². The summed E-state index contributed by atoms with van der Waals surface area (Å²) in [4.78, 5) is 3.78. The van der Waals surface area contributed by atoms with Crippen LogP contribution in [0.25, 0.3) is 0 Å². The minimum atomic E-state index is -0.405. The third-order valence-corrected chi connectivity index (χ3v) is 1.48. The van der Waals surface area contributed by atoms with E-state index in [1.54, 1.807) is 6.07 Å². The highest BCUT2D eigenvalue weighted by Crippen LogP contribution is 2.19. The summed E-state index contributed by atoms with van der Waals surface area (Å²) in [5.41, 5.74) is 0.722. The van der Waals surface area contributed by atoms with Crippen LogP contribution < -0.4 is 0 Å². The lowest BCUT2D eigenvalue weighted by Crippen LogP contribution is -2.13. The Hall–Kier alpha value is -0.920. The van der Waals surface area contributed by atoms with Gasteiger partial charge in [-0.25, -0.2) is 4.98 Å². The van der Waals surface area contributed by atoms with Crippen LogP contribution in [0.15, 0.2) is 18.2 Å². The van der Waals surface area contributed by atoms with Crippen LogP contribution >= 0.6 is 0 Å². The van der Waals surface area contributed by atoms with Gasteiger partial charge in [-0.05, 0) is 12.1 Å². The topological polar surface area (TPSA) is 12.9 Å². The van der Waals surface area contributed by atoms with Crippen molar-refractivity contribution in [2.45, 2.75) is 26.2 Å². The molecule has 1 rings (SSSR count). The maximum absolute atomic E-state index is 12.6. The lowest BCUT2D eigenvalue weighted by Gasteiger charge is -2.16. The van der Waals surface area contributed by atoms with Gasteiger partial charge in [0, 0.05) is 11.1 Å². The molecule has 0 aliphatic carbocycles. The highest BCUT2D eigenvalue weighted by atomic mass is 19.1. The highest BCUT2D eigenvalue weighted by Gasteiger charge is 2.14. The van der Waals surface area contributed by atoms with E-state index < -0.39 is 5.95 Å². The number of hydrogen-bond donors (Lipinski definition) is 0. The van der Waals surface area contributed by atoms with Gasteiger partial charge >= 0.3 is 0 Å². The second-order valence-electron chi connectivity index (χ2n) is 3.60. The Morgan fingerprint density at radius 1 is 1.27 bits per heavy atom. The average molecular weight is 153 g/mol. The molecule has 0 bridgehead atoms.